The molecule has 4 rings (SSSR count). The predicted octanol–water partition coefficient (Wildman–Crippen LogP) is 4.58. The Morgan fingerprint density at radius 1 is 0.943 bits per heavy atom. The summed E-state index contributed by atoms with van der Waals surface area (Å²) in [6.07, 6.45) is 1.66. The van der Waals surface area contributed by atoms with E-state index in [4.69, 9.17) is 30.5 Å². The third-order valence-electron chi connectivity index (χ3n) is 5.48. The molecule has 0 atom stereocenters. The Kier molecular flexibility index (Phi) is 7.57. The van der Waals surface area contributed by atoms with Gasteiger partial charge in [0.25, 0.3) is 5.91 Å². The Bertz CT molecular complexity index is 1190. The van der Waals surface area contributed by atoms with E-state index in [9.17, 15) is 9.59 Å². The highest BCUT2D eigenvalue weighted by atomic mass is 35.5. The number of esters is 1. The van der Waals surface area contributed by atoms with E-state index < -0.39 is 24.5 Å². The summed E-state index contributed by atoms with van der Waals surface area (Å²) in [4.78, 5) is 25.3. The molecule has 0 bridgehead atoms. The van der Waals surface area contributed by atoms with Gasteiger partial charge >= 0.3 is 5.97 Å². The maximum absolute atomic E-state index is 12.8. The molecule has 7 nitrogen and oxygen atoms in total. The molecule has 1 heterocycles. The lowest BCUT2D eigenvalue weighted by molar-refractivity contribution is -0.145. The summed E-state index contributed by atoms with van der Waals surface area (Å²) in [5.74, 6) is 0.958. The van der Waals surface area contributed by atoms with Crippen molar-refractivity contribution in [1.82, 2.24) is 5.32 Å². The molecule has 0 radical (unpaired) electrons. The van der Waals surface area contributed by atoms with Gasteiger partial charge in [-0.05, 0) is 59.7 Å². The second kappa shape index (κ2) is 11.0. The van der Waals surface area contributed by atoms with Crippen LogP contribution in [0.5, 0.6) is 17.2 Å². The molecule has 3 aromatic rings. The number of hydrogen-bond acceptors (Lipinski definition) is 6. The van der Waals surface area contributed by atoms with E-state index >= 15 is 0 Å². The van der Waals surface area contributed by atoms with Crippen molar-refractivity contribution in [3.63, 3.8) is 0 Å². The number of methoxy groups -OCH3 is 2. The van der Waals surface area contributed by atoms with Gasteiger partial charge in [0.15, 0.2) is 6.61 Å². The smallest absolute Gasteiger partial charge is 0.338 e. The second-order valence-electron chi connectivity index (χ2n) is 7.76. The van der Waals surface area contributed by atoms with E-state index in [-0.39, 0.29) is 6.61 Å². The highest BCUT2D eigenvalue weighted by Gasteiger charge is 2.22. The minimum atomic E-state index is -0.628. The lowest BCUT2D eigenvalue weighted by Gasteiger charge is -2.21. The molecule has 0 spiro atoms. The zero-order valence-corrected chi connectivity index (χ0v) is 20.0. The lowest BCUT2D eigenvalue weighted by atomic mass is 9.98. The van der Waals surface area contributed by atoms with Gasteiger partial charge in [0, 0.05) is 10.6 Å². The normalized spacial score (nSPS) is 12.2. The van der Waals surface area contributed by atoms with Gasteiger partial charge in [0.2, 0.25) is 0 Å². The number of fused-ring (bicyclic) bond motifs is 1. The van der Waals surface area contributed by atoms with Crippen molar-refractivity contribution in [2.75, 3.05) is 27.4 Å². The van der Waals surface area contributed by atoms with Gasteiger partial charge in [-0.2, -0.15) is 0 Å². The van der Waals surface area contributed by atoms with Crippen LogP contribution in [0.1, 0.15) is 22.7 Å². The van der Waals surface area contributed by atoms with Crippen LogP contribution < -0.4 is 19.5 Å². The van der Waals surface area contributed by atoms with Gasteiger partial charge in [-0.1, -0.05) is 35.9 Å². The average Bonchev–Trinajstić information content (AvgIpc) is 2.90. The number of ether oxygens (including phenoxy) is 4. The maximum Gasteiger partial charge on any atom is 0.338 e. The van der Waals surface area contributed by atoms with E-state index in [2.05, 4.69) is 5.32 Å². The summed E-state index contributed by atoms with van der Waals surface area (Å²) in [6, 6.07) is 19.4. The Morgan fingerprint density at radius 2 is 1.54 bits per heavy atom. The van der Waals surface area contributed by atoms with Crippen molar-refractivity contribution in [3.05, 3.63) is 94.0 Å². The molecule has 1 aliphatic rings. The molecule has 0 fully saturated rings. The minimum absolute atomic E-state index is 0.0510. The molecule has 35 heavy (non-hydrogen) atoms. The monoisotopic (exact) mass is 493 g/mol. The zero-order valence-electron chi connectivity index (χ0n) is 19.2. The van der Waals surface area contributed by atoms with E-state index in [1.54, 1.807) is 38.5 Å². The molecule has 1 N–H and O–H groups in total. The van der Waals surface area contributed by atoms with E-state index in [1.165, 1.54) is 0 Å². The van der Waals surface area contributed by atoms with E-state index in [0.29, 0.717) is 33.4 Å². The van der Waals surface area contributed by atoms with Crippen LogP contribution in [0.2, 0.25) is 5.02 Å². The molecule has 0 unspecified atom stereocenters. The molecule has 0 saturated heterocycles. The third kappa shape index (κ3) is 5.94. The maximum atomic E-state index is 12.8. The van der Waals surface area contributed by atoms with Crippen LogP contribution in [0.15, 0.2) is 72.3 Å². The molecule has 0 saturated carbocycles. The minimum Gasteiger partial charge on any atom is -0.497 e. The van der Waals surface area contributed by atoms with Crippen LogP contribution in [0, 0.1) is 0 Å². The number of amides is 1. The first-order valence-electron chi connectivity index (χ1n) is 10.8. The van der Waals surface area contributed by atoms with Crippen molar-refractivity contribution < 1.29 is 28.5 Å². The predicted molar refractivity (Wildman–Crippen MR) is 132 cm³/mol. The zero-order chi connectivity index (χ0) is 24.8. The first-order chi connectivity index (χ1) is 17.0. The molecular formula is C27H24ClNO6. The van der Waals surface area contributed by atoms with Crippen molar-refractivity contribution in [2.45, 2.75) is 6.04 Å². The fourth-order valence-electron chi connectivity index (χ4n) is 3.64. The van der Waals surface area contributed by atoms with Crippen molar-refractivity contribution in [1.29, 1.82) is 0 Å². The first-order valence-corrected chi connectivity index (χ1v) is 11.2. The van der Waals surface area contributed by atoms with E-state index in [1.807, 2.05) is 48.5 Å². The number of nitrogens with one attached hydrogen (secondary N) is 1. The summed E-state index contributed by atoms with van der Waals surface area (Å²) < 4.78 is 21.3. The number of carbonyl (C=O) groups is 2. The number of rotatable bonds is 8. The fourth-order valence-corrected chi connectivity index (χ4v) is 3.83. The SMILES string of the molecule is COc1ccc(C(NC(=O)COC(=O)C2=Cc3cc(Cl)ccc3OC2)c2ccc(OC)cc2)cc1. The van der Waals surface area contributed by atoms with E-state index in [0.717, 1.165) is 11.1 Å². The van der Waals surface area contributed by atoms with Gasteiger partial charge < -0.3 is 24.3 Å². The van der Waals surface area contributed by atoms with Gasteiger partial charge in [0.1, 0.15) is 23.9 Å². The van der Waals surface area contributed by atoms with Gasteiger partial charge in [0.05, 0.1) is 25.8 Å². The van der Waals surface area contributed by atoms with Crippen LogP contribution in [0.4, 0.5) is 0 Å². The molecular weight excluding hydrogens is 470 g/mol. The number of halogens is 1. The van der Waals surface area contributed by atoms with Crippen LogP contribution in [0.25, 0.3) is 6.08 Å². The van der Waals surface area contributed by atoms with Crippen LogP contribution >= 0.6 is 11.6 Å². The highest BCUT2D eigenvalue weighted by Crippen LogP contribution is 2.29. The Morgan fingerprint density at radius 3 is 2.11 bits per heavy atom. The van der Waals surface area contributed by atoms with Crippen LogP contribution in [-0.2, 0) is 14.3 Å². The molecule has 1 aliphatic heterocycles. The lowest BCUT2D eigenvalue weighted by Crippen LogP contribution is -2.33. The van der Waals surface area contributed by atoms with Crippen LogP contribution in [-0.4, -0.2) is 39.3 Å². The van der Waals surface area contributed by atoms with Crippen LogP contribution in [0.3, 0.4) is 0 Å². The molecule has 0 aromatic heterocycles. The second-order valence-corrected chi connectivity index (χ2v) is 8.20. The summed E-state index contributed by atoms with van der Waals surface area (Å²) >= 11 is 6.02. The van der Waals surface area contributed by atoms with Gasteiger partial charge in [-0.15, -0.1) is 0 Å². The van der Waals surface area contributed by atoms with Crippen molar-refractivity contribution >= 4 is 29.6 Å². The Balaban J connectivity index is 1.45. The fraction of sp³-hybridized carbons (Fsp3) is 0.185. The molecule has 8 heteroatoms. The summed E-state index contributed by atoms with van der Waals surface area (Å²) in [5, 5.41) is 3.47. The number of hydrogen-bond donors (Lipinski definition) is 1. The van der Waals surface area contributed by atoms with Gasteiger partial charge in [-0.3, -0.25) is 4.79 Å². The molecule has 1 amide bonds. The Hall–Kier alpha value is -3.97. The summed E-state index contributed by atoms with van der Waals surface area (Å²) in [7, 11) is 3.18. The topological polar surface area (TPSA) is 83.1 Å². The van der Waals surface area contributed by atoms with Crippen molar-refractivity contribution in [2.24, 2.45) is 0 Å². The van der Waals surface area contributed by atoms with Crippen molar-refractivity contribution in [3.8, 4) is 17.2 Å². The number of benzene rings is 3. The number of carbonyl (C=O) groups excluding carboxylic acids is 2. The summed E-state index contributed by atoms with van der Waals surface area (Å²) in [5.41, 5.74) is 2.66. The Labute approximate surface area is 208 Å². The standard InChI is InChI=1S/C27H24ClNO6/c1-32-22-8-3-17(4-9-22)26(18-5-10-23(33-2)11-6-18)29-25(30)16-35-27(31)20-13-19-14-21(28)7-12-24(19)34-15-20/h3-14,26H,15-16H2,1-2H3,(H,29,30). The molecule has 180 valence electrons. The highest BCUT2D eigenvalue weighted by molar-refractivity contribution is 6.30. The quantitative estimate of drug-likeness (QED) is 0.462. The first kappa shape index (κ1) is 24.2. The largest absolute Gasteiger partial charge is 0.497 e. The third-order valence-corrected chi connectivity index (χ3v) is 5.72. The van der Waals surface area contributed by atoms with Gasteiger partial charge in [-0.25, -0.2) is 4.79 Å². The summed E-state index contributed by atoms with van der Waals surface area (Å²) in [6.45, 7) is -0.392. The molecule has 3 aromatic carbocycles. The molecule has 0 aliphatic carbocycles. The average molecular weight is 494 g/mol.